The van der Waals surface area contributed by atoms with Crippen molar-refractivity contribution >= 4 is 11.4 Å². The summed E-state index contributed by atoms with van der Waals surface area (Å²) in [5, 5.41) is 0. The van der Waals surface area contributed by atoms with Gasteiger partial charge in [0.1, 0.15) is 0 Å². The van der Waals surface area contributed by atoms with Gasteiger partial charge in [0, 0.05) is 17.9 Å². The zero-order chi connectivity index (χ0) is 15.4. The van der Waals surface area contributed by atoms with Gasteiger partial charge in [-0.1, -0.05) is 60.2 Å². The van der Waals surface area contributed by atoms with Crippen LogP contribution in [0.3, 0.4) is 0 Å². The van der Waals surface area contributed by atoms with Crippen molar-refractivity contribution in [2.45, 2.75) is 13.8 Å². The van der Waals surface area contributed by atoms with Crippen molar-refractivity contribution in [3.05, 3.63) is 84.4 Å². The number of hydrogen-bond acceptors (Lipinski definition) is 1. The van der Waals surface area contributed by atoms with Gasteiger partial charge in [-0.25, -0.2) is 0 Å². The molecule has 22 heavy (non-hydrogen) atoms. The van der Waals surface area contributed by atoms with E-state index >= 15 is 0 Å². The first-order chi connectivity index (χ1) is 10.8. The van der Waals surface area contributed by atoms with Crippen LogP contribution < -0.4 is 4.90 Å². The van der Waals surface area contributed by atoms with Gasteiger partial charge >= 0.3 is 0 Å². The summed E-state index contributed by atoms with van der Waals surface area (Å²) < 4.78 is 0. The Morgan fingerprint density at radius 2 is 1.14 bits per heavy atom. The van der Waals surface area contributed by atoms with E-state index in [1.807, 2.05) is 0 Å². The highest BCUT2D eigenvalue weighted by atomic mass is 15.1. The number of rotatable bonds is 4. The van der Waals surface area contributed by atoms with Crippen LogP contribution in [0.2, 0.25) is 0 Å². The lowest BCUT2D eigenvalue weighted by molar-refractivity contribution is 1.02. The molecule has 1 heteroatoms. The molecule has 110 valence electrons. The SMILES string of the molecule is CCN(c1ccccc1)c1ccc(-c2ccc(C)cc2)cc1. The summed E-state index contributed by atoms with van der Waals surface area (Å²) in [6, 6.07) is 28.0. The molecule has 0 heterocycles. The average Bonchev–Trinajstić information content (AvgIpc) is 2.58. The third kappa shape index (κ3) is 3.04. The van der Waals surface area contributed by atoms with Crippen LogP contribution in [-0.2, 0) is 0 Å². The van der Waals surface area contributed by atoms with Crippen molar-refractivity contribution in [2.24, 2.45) is 0 Å². The molecule has 3 aromatic carbocycles. The van der Waals surface area contributed by atoms with Crippen molar-refractivity contribution in [2.75, 3.05) is 11.4 Å². The molecule has 3 aromatic rings. The summed E-state index contributed by atoms with van der Waals surface area (Å²) in [5.41, 5.74) is 6.27. The van der Waals surface area contributed by atoms with E-state index in [0.29, 0.717) is 0 Å². The average molecular weight is 287 g/mol. The molecule has 0 amide bonds. The topological polar surface area (TPSA) is 3.24 Å². The number of anilines is 2. The second-order valence-electron chi connectivity index (χ2n) is 5.49. The molecule has 0 atom stereocenters. The van der Waals surface area contributed by atoms with E-state index in [2.05, 4.69) is 97.6 Å². The van der Waals surface area contributed by atoms with Crippen molar-refractivity contribution in [3.8, 4) is 11.1 Å². The predicted octanol–water partition coefficient (Wildman–Crippen LogP) is 5.82. The monoisotopic (exact) mass is 287 g/mol. The summed E-state index contributed by atoms with van der Waals surface area (Å²) >= 11 is 0. The van der Waals surface area contributed by atoms with E-state index in [1.165, 1.54) is 28.1 Å². The Balaban J connectivity index is 1.88. The van der Waals surface area contributed by atoms with E-state index in [1.54, 1.807) is 0 Å². The highest BCUT2D eigenvalue weighted by Crippen LogP contribution is 2.28. The molecule has 0 radical (unpaired) electrons. The normalized spacial score (nSPS) is 10.5. The fourth-order valence-electron chi connectivity index (χ4n) is 2.70. The molecule has 0 N–H and O–H groups in total. The van der Waals surface area contributed by atoms with Gasteiger partial charge in [-0.3, -0.25) is 0 Å². The fraction of sp³-hybridized carbons (Fsp3) is 0.143. The van der Waals surface area contributed by atoms with Crippen LogP contribution in [0.1, 0.15) is 12.5 Å². The third-order valence-corrected chi connectivity index (χ3v) is 3.95. The first-order valence-electron chi connectivity index (χ1n) is 7.77. The number of para-hydroxylation sites is 1. The van der Waals surface area contributed by atoms with Crippen LogP contribution in [0.5, 0.6) is 0 Å². The Hall–Kier alpha value is -2.54. The van der Waals surface area contributed by atoms with E-state index in [9.17, 15) is 0 Å². The molecule has 0 saturated heterocycles. The summed E-state index contributed by atoms with van der Waals surface area (Å²) in [6.07, 6.45) is 0. The standard InChI is InChI=1S/C21H21N/c1-3-22(20-7-5-4-6-8-20)21-15-13-19(14-16-21)18-11-9-17(2)10-12-18/h4-16H,3H2,1-2H3. The third-order valence-electron chi connectivity index (χ3n) is 3.95. The highest BCUT2D eigenvalue weighted by molar-refractivity contribution is 5.69. The lowest BCUT2D eigenvalue weighted by Crippen LogP contribution is -2.15. The van der Waals surface area contributed by atoms with Gasteiger partial charge in [-0.05, 0) is 49.2 Å². The Morgan fingerprint density at radius 3 is 1.68 bits per heavy atom. The van der Waals surface area contributed by atoms with Crippen molar-refractivity contribution in [3.63, 3.8) is 0 Å². The smallest absolute Gasteiger partial charge is 0.0411 e. The number of hydrogen-bond donors (Lipinski definition) is 0. The van der Waals surface area contributed by atoms with Crippen LogP contribution >= 0.6 is 0 Å². The summed E-state index contributed by atoms with van der Waals surface area (Å²) in [5.74, 6) is 0. The van der Waals surface area contributed by atoms with Crippen molar-refractivity contribution < 1.29 is 0 Å². The van der Waals surface area contributed by atoms with Gasteiger partial charge in [0.15, 0.2) is 0 Å². The molecule has 0 unspecified atom stereocenters. The van der Waals surface area contributed by atoms with E-state index in [4.69, 9.17) is 0 Å². The predicted molar refractivity (Wildman–Crippen MR) is 95.7 cm³/mol. The maximum atomic E-state index is 2.32. The number of aryl methyl sites for hydroxylation is 1. The van der Waals surface area contributed by atoms with Gasteiger partial charge in [-0.15, -0.1) is 0 Å². The van der Waals surface area contributed by atoms with Crippen LogP contribution in [0, 0.1) is 6.92 Å². The first-order valence-corrected chi connectivity index (χ1v) is 7.77. The molecule has 1 nitrogen and oxygen atoms in total. The van der Waals surface area contributed by atoms with Gasteiger partial charge in [0.25, 0.3) is 0 Å². The lowest BCUT2D eigenvalue weighted by atomic mass is 10.0. The van der Waals surface area contributed by atoms with Crippen LogP contribution in [0.25, 0.3) is 11.1 Å². The van der Waals surface area contributed by atoms with E-state index in [-0.39, 0.29) is 0 Å². The van der Waals surface area contributed by atoms with Gasteiger partial charge in [-0.2, -0.15) is 0 Å². The quantitative estimate of drug-likeness (QED) is 0.584. The minimum absolute atomic E-state index is 0.952. The highest BCUT2D eigenvalue weighted by Gasteiger charge is 2.06. The zero-order valence-corrected chi connectivity index (χ0v) is 13.2. The summed E-state index contributed by atoms with van der Waals surface area (Å²) in [7, 11) is 0. The molecule has 0 aliphatic heterocycles. The lowest BCUT2D eigenvalue weighted by Gasteiger charge is -2.23. The molecule has 0 aliphatic rings. The maximum Gasteiger partial charge on any atom is 0.0411 e. The zero-order valence-electron chi connectivity index (χ0n) is 13.2. The molecule has 0 spiro atoms. The van der Waals surface area contributed by atoms with Gasteiger partial charge in [0.2, 0.25) is 0 Å². The van der Waals surface area contributed by atoms with E-state index < -0.39 is 0 Å². The minimum Gasteiger partial charge on any atom is -0.342 e. The first kappa shape index (κ1) is 14.4. The minimum atomic E-state index is 0.952. The molecule has 0 fully saturated rings. The van der Waals surface area contributed by atoms with Crippen molar-refractivity contribution in [1.82, 2.24) is 0 Å². The Bertz CT molecular complexity index is 712. The number of benzene rings is 3. The van der Waals surface area contributed by atoms with Crippen LogP contribution in [0.15, 0.2) is 78.9 Å². The Kier molecular flexibility index (Phi) is 4.24. The Labute approximate surface area is 132 Å². The Morgan fingerprint density at radius 1 is 0.636 bits per heavy atom. The van der Waals surface area contributed by atoms with E-state index in [0.717, 1.165) is 6.54 Å². The van der Waals surface area contributed by atoms with Crippen LogP contribution in [0.4, 0.5) is 11.4 Å². The molecule has 0 saturated carbocycles. The maximum absolute atomic E-state index is 2.32. The van der Waals surface area contributed by atoms with Gasteiger partial charge < -0.3 is 4.90 Å². The molecule has 3 rings (SSSR count). The fourth-order valence-corrected chi connectivity index (χ4v) is 2.70. The summed E-state index contributed by atoms with van der Waals surface area (Å²) in [4.78, 5) is 2.32. The number of nitrogens with zero attached hydrogens (tertiary/aromatic N) is 1. The molecular weight excluding hydrogens is 266 g/mol. The summed E-state index contributed by atoms with van der Waals surface area (Å²) in [6.45, 7) is 5.25. The molecule has 0 aromatic heterocycles. The second-order valence-corrected chi connectivity index (χ2v) is 5.49. The largest absolute Gasteiger partial charge is 0.342 e. The molecular formula is C21H21N. The molecule has 0 bridgehead atoms. The van der Waals surface area contributed by atoms with Gasteiger partial charge in [0.05, 0.1) is 0 Å². The second kappa shape index (κ2) is 6.48. The molecule has 0 aliphatic carbocycles. The van der Waals surface area contributed by atoms with Crippen molar-refractivity contribution in [1.29, 1.82) is 0 Å². The van der Waals surface area contributed by atoms with Crippen LogP contribution in [-0.4, -0.2) is 6.54 Å².